The Morgan fingerprint density at radius 2 is 2.11 bits per heavy atom. The molecule has 0 aliphatic carbocycles. The lowest BCUT2D eigenvalue weighted by Crippen LogP contribution is -2.39. The van der Waals surface area contributed by atoms with Crippen molar-refractivity contribution in [2.45, 2.75) is 17.9 Å². The molecule has 0 saturated heterocycles. The van der Waals surface area contributed by atoms with Crippen LogP contribution >= 0.6 is 0 Å². The first-order chi connectivity index (χ1) is 8.65. The van der Waals surface area contributed by atoms with Crippen LogP contribution in [0, 0.1) is 12.7 Å². The van der Waals surface area contributed by atoms with E-state index >= 15 is 0 Å². The Balaban J connectivity index is 2.98. The van der Waals surface area contributed by atoms with Crippen LogP contribution in [-0.2, 0) is 14.8 Å². The van der Waals surface area contributed by atoms with Gasteiger partial charge in [0.05, 0.1) is 4.90 Å². The van der Waals surface area contributed by atoms with Crippen molar-refractivity contribution < 1.29 is 22.7 Å². The molecular weight excluding hydrogens is 277 g/mol. The van der Waals surface area contributed by atoms with E-state index < -0.39 is 39.3 Å². The monoisotopic (exact) mass is 291 g/mol. The minimum atomic E-state index is -4.09. The van der Waals surface area contributed by atoms with E-state index in [1.165, 1.54) is 6.92 Å². The van der Waals surface area contributed by atoms with Gasteiger partial charge in [0.1, 0.15) is 11.9 Å². The fraction of sp³-hybridized carbons (Fsp3) is 0.300. The third-order valence-electron chi connectivity index (χ3n) is 2.46. The lowest BCUT2D eigenvalue weighted by Gasteiger charge is -2.11. The second-order valence-corrected chi connectivity index (χ2v) is 5.66. The molecule has 1 unspecified atom stereocenters. The standard InChI is InChI=1S/C10H14FN3O4S/c1-5-7(11)2-6(3-8(5)12)19(17,18)14-4-9(15)10(13)16/h2-3,9,14-15H,4,12H2,1H3,(H2,13,16). The first-order valence-electron chi connectivity index (χ1n) is 5.18. The maximum absolute atomic E-state index is 13.4. The number of anilines is 1. The third kappa shape index (κ3) is 3.63. The van der Waals surface area contributed by atoms with Crippen molar-refractivity contribution >= 4 is 21.6 Å². The van der Waals surface area contributed by atoms with Crippen LogP contribution in [0.2, 0.25) is 0 Å². The van der Waals surface area contributed by atoms with Crippen LogP contribution in [0.4, 0.5) is 10.1 Å². The van der Waals surface area contributed by atoms with Crippen LogP contribution in [0.5, 0.6) is 0 Å². The molecule has 0 aliphatic heterocycles. The molecule has 0 saturated carbocycles. The normalized spacial score (nSPS) is 13.2. The van der Waals surface area contributed by atoms with E-state index in [0.717, 1.165) is 12.1 Å². The first kappa shape index (κ1) is 15.3. The molecule has 7 nitrogen and oxygen atoms in total. The van der Waals surface area contributed by atoms with Gasteiger partial charge in [-0.15, -0.1) is 0 Å². The number of carbonyl (C=O) groups is 1. The van der Waals surface area contributed by atoms with Gasteiger partial charge in [-0.25, -0.2) is 17.5 Å². The van der Waals surface area contributed by atoms with Crippen LogP contribution < -0.4 is 16.2 Å². The summed E-state index contributed by atoms with van der Waals surface area (Å²) in [4.78, 5) is 10.2. The fourth-order valence-electron chi connectivity index (χ4n) is 1.20. The summed E-state index contributed by atoms with van der Waals surface area (Å²) in [5, 5.41) is 9.09. The molecule has 0 heterocycles. The summed E-state index contributed by atoms with van der Waals surface area (Å²) >= 11 is 0. The molecule has 19 heavy (non-hydrogen) atoms. The zero-order chi connectivity index (χ0) is 14.8. The number of amides is 1. The second-order valence-electron chi connectivity index (χ2n) is 3.89. The largest absolute Gasteiger partial charge is 0.398 e. The Morgan fingerprint density at radius 1 is 1.53 bits per heavy atom. The minimum absolute atomic E-state index is 0.0178. The number of benzene rings is 1. The van der Waals surface area contributed by atoms with Gasteiger partial charge in [-0.2, -0.15) is 0 Å². The summed E-state index contributed by atoms with van der Waals surface area (Å²) in [7, 11) is -4.09. The number of primary amides is 1. The van der Waals surface area contributed by atoms with Crippen molar-refractivity contribution in [3.8, 4) is 0 Å². The lowest BCUT2D eigenvalue weighted by molar-refractivity contribution is -0.125. The SMILES string of the molecule is Cc1c(N)cc(S(=O)(=O)NCC(O)C(N)=O)cc1F. The topological polar surface area (TPSA) is 136 Å². The molecule has 0 aromatic heterocycles. The van der Waals surface area contributed by atoms with Gasteiger partial charge in [0, 0.05) is 17.8 Å². The summed E-state index contributed by atoms with van der Waals surface area (Å²) in [6.45, 7) is 0.804. The van der Waals surface area contributed by atoms with Gasteiger partial charge in [-0.3, -0.25) is 4.79 Å². The summed E-state index contributed by atoms with van der Waals surface area (Å²) in [5.74, 6) is -1.84. The van der Waals surface area contributed by atoms with E-state index in [2.05, 4.69) is 0 Å². The smallest absolute Gasteiger partial charge is 0.247 e. The molecule has 0 bridgehead atoms. The number of hydrogen-bond acceptors (Lipinski definition) is 5. The molecule has 0 radical (unpaired) electrons. The van der Waals surface area contributed by atoms with E-state index in [1.54, 1.807) is 0 Å². The zero-order valence-electron chi connectivity index (χ0n) is 10.1. The summed E-state index contributed by atoms with van der Waals surface area (Å²) in [6, 6.07) is 1.88. The van der Waals surface area contributed by atoms with Gasteiger partial charge in [0.25, 0.3) is 0 Å². The fourth-order valence-corrected chi connectivity index (χ4v) is 2.29. The Hall–Kier alpha value is -1.71. The molecule has 106 valence electrons. The van der Waals surface area contributed by atoms with Crippen molar-refractivity contribution in [1.29, 1.82) is 0 Å². The third-order valence-corrected chi connectivity index (χ3v) is 3.87. The average Bonchev–Trinajstić information content (AvgIpc) is 2.32. The maximum Gasteiger partial charge on any atom is 0.247 e. The number of aliphatic hydroxyl groups excluding tert-OH is 1. The molecule has 1 rings (SSSR count). The highest BCUT2D eigenvalue weighted by molar-refractivity contribution is 7.89. The molecule has 9 heteroatoms. The van der Waals surface area contributed by atoms with Gasteiger partial charge in [-0.05, 0) is 19.1 Å². The summed E-state index contributed by atoms with van der Waals surface area (Å²) in [5.41, 5.74) is 10.4. The Bertz CT molecular complexity index is 580. The molecule has 1 aromatic rings. The van der Waals surface area contributed by atoms with Gasteiger partial charge in [-0.1, -0.05) is 0 Å². The molecular formula is C10H14FN3O4S. The number of hydrogen-bond donors (Lipinski definition) is 4. The van der Waals surface area contributed by atoms with Crippen molar-refractivity contribution in [3.63, 3.8) is 0 Å². The number of nitrogen functional groups attached to an aromatic ring is 1. The number of nitrogens with two attached hydrogens (primary N) is 2. The highest BCUT2D eigenvalue weighted by Crippen LogP contribution is 2.20. The molecule has 1 atom stereocenters. The number of rotatable bonds is 5. The average molecular weight is 291 g/mol. The van der Waals surface area contributed by atoms with Crippen LogP contribution in [0.3, 0.4) is 0 Å². The molecule has 1 aromatic carbocycles. The highest BCUT2D eigenvalue weighted by atomic mass is 32.2. The van der Waals surface area contributed by atoms with E-state index in [9.17, 15) is 17.6 Å². The highest BCUT2D eigenvalue weighted by Gasteiger charge is 2.20. The summed E-state index contributed by atoms with van der Waals surface area (Å²) < 4.78 is 38.9. The molecule has 0 aliphatic rings. The summed E-state index contributed by atoms with van der Waals surface area (Å²) in [6.07, 6.45) is -1.66. The maximum atomic E-state index is 13.4. The molecule has 0 spiro atoms. The van der Waals surface area contributed by atoms with E-state index in [0.29, 0.717) is 0 Å². The van der Waals surface area contributed by atoms with Crippen LogP contribution in [0.15, 0.2) is 17.0 Å². The number of sulfonamides is 1. The zero-order valence-corrected chi connectivity index (χ0v) is 10.9. The van der Waals surface area contributed by atoms with Crippen molar-refractivity contribution in [3.05, 3.63) is 23.5 Å². The number of nitrogens with one attached hydrogen (secondary N) is 1. The molecule has 6 N–H and O–H groups in total. The van der Waals surface area contributed by atoms with E-state index in [4.69, 9.17) is 16.6 Å². The van der Waals surface area contributed by atoms with E-state index in [-0.39, 0.29) is 11.3 Å². The van der Waals surface area contributed by atoms with Gasteiger partial charge in [0.15, 0.2) is 0 Å². The van der Waals surface area contributed by atoms with Gasteiger partial charge in [0.2, 0.25) is 15.9 Å². The number of halogens is 1. The number of aliphatic hydroxyl groups is 1. The van der Waals surface area contributed by atoms with Crippen LogP contribution in [0.1, 0.15) is 5.56 Å². The Kier molecular flexibility index (Phi) is 4.45. The molecule has 0 fully saturated rings. The second kappa shape index (κ2) is 5.51. The van der Waals surface area contributed by atoms with Crippen molar-refractivity contribution in [2.24, 2.45) is 5.73 Å². The Morgan fingerprint density at radius 3 is 2.58 bits per heavy atom. The molecule has 1 amide bonds. The number of carbonyl (C=O) groups excluding carboxylic acids is 1. The Labute approximate surface area is 109 Å². The lowest BCUT2D eigenvalue weighted by atomic mass is 10.2. The first-order valence-corrected chi connectivity index (χ1v) is 6.66. The van der Waals surface area contributed by atoms with Crippen LogP contribution in [0.25, 0.3) is 0 Å². The van der Waals surface area contributed by atoms with Gasteiger partial charge < -0.3 is 16.6 Å². The predicted octanol–water partition coefficient (Wildman–Crippen LogP) is -1.16. The minimum Gasteiger partial charge on any atom is -0.398 e. The quantitative estimate of drug-likeness (QED) is 0.507. The van der Waals surface area contributed by atoms with Crippen molar-refractivity contribution in [1.82, 2.24) is 4.72 Å². The van der Waals surface area contributed by atoms with Crippen molar-refractivity contribution in [2.75, 3.05) is 12.3 Å². The predicted molar refractivity (Wildman–Crippen MR) is 65.9 cm³/mol. The van der Waals surface area contributed by atoms with Crippen LogP contribution in [-0.4, -0.2) is 32.1 Å². The van der Waals surface area contributed by atoms with E-state index in [1.807, 2.05) is 4.72 Å². The van der Waals surface area contributed by atoms with Gasteiger partial charge >= 0.3 is 0 Å².